The zero-order valence-corrected chi connectivity index (χ0v) is 9.98. The molecule has 3 heteroatoms. The van der Waals surface area contributed by atoms with Crippen molar-refractivity contribution in [2.75, 3.05) is 31.1 Å². The summed E-state index contributed by atoms with van der Waals surface area (Å²) in [7, 11) is 0. The summed E-state index contributed by atoms with van der Waals surface area (Å²) in [5, 5.41) is 3.52. The average molecular weight is 214 g/mol. The minimum Gasteiger partial charge on any atom is -0.315 e. The van der Waals surface area contributed by atoms with Crippen LogP contribution in [-0.2, 0) is 0 Å². The zero-order valence-electron chi connectivity index (χ0n) is 9.17. The average Bonchev–Trinajstić information content (AvgIpc) is 2.74. The molecule has 2 saturated heterocycles. The van der Waals surface area contributed by atoms with Gasteiger partial charge in [0.2, 0.25) is 0 Å². The van der Waals surface area contributed by atoms with Gasteiger partial charge in [-0.25, -0.2) is 0 Å². The molecule has 0 aliphatic carbocycles. The van der Waals surface area contributed by atoms with Crippen LogP contribution in [0.25, 0.3) is 0 Å². The van der Waals surface area contributed by atoms with Gasteiger partial charge in [0.15, 0.2) is 0 Å². The largest absolute Gasteiger partial charge is 0.315 e. The van der Waals surface area contributed by atoms with E-state index in [0.29, 0.717) is 0 Å². The van der Waals surface area contributed by atoms with Crippen molar-refractivity contribution >= 4 is 11.8 Å². The fourth-order valence-corrected chi connectivity index (χ4v) is 3.95. The summed E-state index contributed by atoms with van der Waals surface area (Å²) in [5.41, 5.74) is 0. The summed E-state index contributed by atoms with van der Waals surface area (Å²) in [6.45, 7) is 6.00. The molecule has 0 radical (unpaired) electrons. The van der Waals surface area contributed by atoms with Gasteiger partial charge in [-0.15, -0.1) is 0 Å². The summed E-state index contributed by atoms with van der Waals surface area (Å²) >= 11 is 2.13. The van der Waals surface area contributed by atoms with Crippen LogP contribution >= 0.6 is 11.8 Å². The number of nitrogens with zero attached hydrogens (tertiary/aromatic N) is 1. The lowest BCUT2D eigenvalue weighted by Crippen LogP contribution is -2.50. The van der Waals surface area contributed by atoms with Gasteiger partial charge in [-0.3, -0.25) is 4.90 Å². The Kier molecular flexibility index (Phi) is 4.14. The first-order valence-corrected chi connectivity index (χ1v) is 7.11. The highest BCUT2D eigenvalue weighted by atomic mass is 32.2. The SMILES string of the molecule is CCN(C1CCCNC1)C1CCSC1. The molecule has 2 nitrogen and oxygen atoms in total. The standard InChI is InChI=1S/C11H22N2S/c1-2-13(11-5-7-14-9-11)10-4-3-6-12-8-10/h10-12H,2-9H2,1H3. The van der Waals surface area contributed by atoms with E-state index >= 15 is 0 Å². The fourth-order valence-electron chi connectivity index (χ4n) is 2.71. The van der Waals surface area contributed by atoms with Crippen molar-refractivity contribution in [1.29, 1.82) is 0 Å². The van der Waals surface area contributed by atoms with Gasteiger partial charge in [0.1, 0.15) is 0 Å². The van der Waals surface area contributed by atoms with E-state index in [1.807, 2.05) is 0 Å². The van der Waals surface area contributed by atoms with Gasteiger partial charge in [-0.2, -0.15) is 11.8 Å². The highest BCUT2D eigenvalue weighted by Gasteiger charge is 2.28. The summed E-state index contributed by atoms with van der Waals surface area (Å²) in [5.74, 6) is 2.74. The molecule has 0 bridgehead atoms. The molecular weight excluding hydrogens is 192 g/mol. The Bertz CT molecular complexity index is 163. The number of likely N-dealkylation sites (N-methyl/N-ethyl adjacent to an activating group) is 1. The van der Waals surface area contributed by atoms with Crippen molar-refractivity contribution in [3.05, 3.63) is 0 Å². The predicted octanol–water partition coefficient (Wildman–Crippen LogP) is 1.57. The van der Waals surface area contributed by atoms with Crippen LogP contribution in [0.15, 0.2) is 0 Å². The van der Waals surface area contributed by atoms with Crippen molar-refractivity contribution in [2.45, 2.75) is 38.3 Å². The second kappa shape index (κ2) is 5.38. The lowest BCUT2D eigenvalue weighted by atomic mass is 10.0. The normalized spacial score (nSPS) is 33.9. The van der Waals surface area contributed by atoms with Crippen LogP contribution in [0.2, 0.25) is 0 Å². The summed E-state index contributed by atoms with van der Waals surface area (Å²) in [4.78, 5) is 2.74. The molecule has 2 aliphatic rings. The molecule has 2 atom stereocenters. The molecule has 1 N–H and O–H groups in total. The lowest BCUT2D eigenvalue weighted by molar-refractivity contribution is 0.131. The molecular formula is C11H22N2S. The van der Waals surface area contributed by atoms with E-state index in [2.05, 4.69) is 28.9 Å². The van der Waals surface area contributed by atoms with Crippen LogP contribution in [0.5, 0.6) is 0 Å². The Labute approximate surface area is 91.8 Å². The molecule has 14 heavy (non-hydrogen) atoms. The number of hydrogen-bond donors (Lipinski definition) is 1. The Morgan fingerprint density at radius 2 is 2.29 bits per heavy atom. The van der Waals surface area contributed by atoms with Crippen LogP contribution in [0.1, 0.15) is 26.2 Å². The Hall–Kier alpha value is 0.270. The predicted molar refractivity (Wildman–Crippen MR) is 64.0 cm³/mol. The summed E-state index contributed by atoms with van der Waals surface area (Å²) in [6.07, 6.45) is 4.18. The highest BCUT2D eigenvalue weighted by Crippen LogP contribution is 2.25. The van der Waals surface area contributed by atoms with Gasteiger partial charge in [-0.1, -0.05) is 6.92 Å². The molecule has 0 spiro atoms. The third kappa shape index (κ3) is 2.44. The molecule has 2 heterocycles. The van der Waals surface area contributed by atoms with Crippen LogP contribution in [0, 0.1) is 0 Å². The van der Waals surface area contributed by atoms with Crippen molar-refractivity contribution in [2.24, 2.45) is 0 Å². The molecule has 0 aromatic heterocycles. The Balaban J connectivity index is 1.89. The first-order valence-electron chi connectivity index (χ1n) is 5.96. The zero-order chi connectivity index (χ0) is 9.80. The van der Waals surface area contributed by atoms with Crippen molar-refractivity contribution in [3.8, 4) is 0 Å². The molecule has 0 saturated carbocycles. The molecule has 82 valence electrons. The minimum absolute atomic E-state index is 0.817. The van der Waals surface area contributed by atoms with Gasteiger partial charge < -0.3 is 5.32 Å². The van der Waals surface area contributed by atoms with Gasteiger partial charge in [-0.05, 0) is 38.1 Å². The smallest absolute Gasteiger partial charge is 0.0224 e. The van der Waals surface area contributed by atoms with E-state index in [1.54, 1.807) is 0 Å². The summed E-state index contributed by atoms with van der Waals surface area (Å²) < 4.78 is 0. The van der Waals surface area contributed by atoms with Crippen molar-refractivity contribution < 1.29 is 0 Å². The van der Waals surface area contributed by atoms with Crippen LogP contribution in [-0.4, -0.2) is 48.1 Å². The second-order valence-electron chi connectivity index (χ2n) is 4.35. The summed E-state index contributed by atoms with van der Waals surface area (Å²) in [6, 6.07) is 1.69. The Morgan fingerprint density at radius 1 is 1.36 bits per heavy atom. The molecule has 2 aliphatic heterocycles. The number of nitrogens with one attached hydrogen (secondary N) is 1. The maximum absolute atomic E-state index is 3.52. The van der Waals surface area contributed by atoms with Gasteiger partial charge in [0.05, 0.1) is 0 Å². The molecule has 0 aromatic carbocycles. The number of thioether (sulfide) groups is 1. The van der Waals surface area contributed by atoms with E-state index in [0.717, 1.165) is 12.1 Å². The molecule has 2 unspecified atom stereocenters. The number of piperidine rings is 1. The van der Waals surface area contributed by atoms with E-state index < -0.39 is 0 Å². The van der Waals surface area contributed by atoms with E-state index in [-0.39, 0.29) is 0 Å². The first-order chi connectivity index (χ1) is 6.92. The van der Waals surface area contributed by atoms with Crippen LogP contribution in [0.4, 0.5) is 0 Å². The third-order valence-corrected chi connectivity index (χ3v) is 4.62. The van der Waals surface area contributed by atoms with E-state index in [1.165, 1.54) is 50.4 Å². The van der Waals surface area contributed by atoms with Gasteiger partial charge in [0, 0.05) is 24.4 Å². The molecule has 2 rings (SSSR count). The second-order valence-corrected chi connectivity index (χ2v) is 5.50. The third-order valence-electron chi connectivity index (χ3n) is 3.48. The van der Waals surface area contributed by atoms with Crippen LogP contribution in [0.3, 0.4) is 0 Å². The van der Waals surface area contributed by atoms with Crippen molar-refractivity contribution in [1.82, 2.24) is 10.2 Å². The maximum atomic E-state index is 3.52. The van der Waals surface area contributed by atoms with E-state index in [9.17, 15) is 0 Å². The maximum Gasteiger partial charge on any atom is 0.0224 e. The van der Waals surface area contributed by atoms with Crippen molar-refractivity contribution in [3.63, 3.8) is 0 Å². The quantitative estimate of drug-likeness (QED) is 0.768. The molecule has 0 aromatic rings. The first kappa shape index (κ1) is 10.8. The minimum atomic E-state index is 0.817. The fraction of sp³-hybridized carbons (Fsp3) is 1.00. The lowest BCUT2D eigenvalue weighted by Gasteiger charge is -2.37. The highest BCUT2D eigenvalue weighted by molar-refractivity contribution is 7.99. The molecule has 2 fully saturated rings. The van der Waals surface area contributed by atoms with E-state index in [4.69, 9.17) is 0 Å². The van der Waals surface area contributed by atoms with Gasteiger partial charge in [0.25, 0.3) is 0 Å². The van der Waals surface area contributed by atoms with Crippen LogP contribution < -0.4 is 5.32 Å². The Morgan fingerprint density at radius 3 is 2.86 bits per heavy atom. The topological polar surface area (TPSA) is 15.3 Å². The van der Waals surface area contributed by atoms with Gasteiger partial charge >= 0.3 is 0 Å². The molecule has 0 amide bonds. The number of rotatable bonds is 3. The number of hydrogen-bond acceptors (Lipinski definition) is 3. The monoisotopic (exact) mass is 214 g/mol.